The number of rotatable bonds is 2. The van der Waals surface area contributed by atoms with Gasteiger partial charge in [0.25, 0.3) is 0 Å². The number of nitrogens with zero attached hydrogens (tertiary/aromatic N) is 3. The van der Waals surface area contributed by atoms with E-state index >= 15 is 0 Å². The fourth-order valence-electron chi connectivity index (χ4n) is 3.11. The van der Waals surface area contributed by atoms with Gasteiger partial charge in [0.15, 0.2) is 5.82 Å². The van der Waals surface area contributed by atoms with Crippen LogP contribution in [0.3, 0.4) is 0 Å². The maximum absolute atomic E-state index is 12.5. The first-order valence-electron chi connectivity index (χ1n) is 8.36. The molecule has 2 aromatic rings. The number of anilines is 1. The molecule has 3 rings (SSSR count). The van der Waals surface area contributed by atoms with Gasteiger partial charge in [-0.15, -0.1) is 5.10 Å². The van der Waals surface area contributed by atoms with Crippen LogP contribution in [0.4, 0.5) is 10.6 Å². The van der Waals surface area contributed by atoms with Crippen LogP contribution < -0.4 is 10.6 Å². The van der Waals surface area contributed by atoms with Crippen LogP contribution in [0, 0.1) is 20.8 Å². The first-order chi connectivity index (χ1) is 11.8. The van der Waals surface area contributed by atoms with Crippen molar-refractivity contribution >= 4 is 17.8 Å². The number of piperazine rings is 1. The fraction of sp³-hybridized carbons (Fsp3) is 0.389. The molecule has 1 aromatic heterocycles. The summed E-state index contributed by atoms with van der Waals surface area (Å²) in [6.45, 7) is 8.69. The van der Waals surface area contributed by atoms with Crippen LogP contribution in [-0.4, -0.2) is 45.8 Å². The second kappa shape index (κ2) is 6.58. The average molecular weight is 341 g/mol. The van der Waals surface area contributed by atoms with E-state index in [1.54, 1.807) is 6.92 Å². The molecule has 1 unspecified atom stereocenters. The highest BCUT2D eigenvalue weighted by Gasteiger charge is 2.29. The van der Waals surface area contributed by atoms with E-state index < -0.39 is 6.04 Å². The predicted molar refractivity (Wildman–Crippen MR) is 96.0 cm³/mol. The molecule has 0 bridgehead atoms. The van der Waals surface area contributed by atoms with Crippen molar-refractivity contribution in [3.05, 3.63) is 41.1 Å². The molecule has 7 heteroatoms. The molecule has 3 amide bonds. The zero-order valence-corrected chi connectivity index (χ0v) is 15.0. The molecule has 0 spiro atoms. The topological polar surface area (TPSA) is 79.3 Å². The van der Waals surface area contributed by atoms with Crippen LogP contribution >= 0.6 is 0 Å². The zero-order chi connectivity index (χ0) is 18.1. The third kappa shape index (κ3) is 3.50. The number of hydrogen-bond donors (Lipinski definition) is 2. The number of urea groups is 1. The molecule has 1 saturated heterocycles. The summed E-state index contributed by atoms with van der Waals surface area (Å²) in [5.74, 6) is 0.332. The lowest BCUT2D eigenvalue weighted by atomic mass is 10.1. The summed E-state index contributed by atoms with van der Waals surface area (Å²) in [5.41, 5.74) is 4.19. The summed E-state index contributed by atoms with van der Waals surface area (Å²) in [5, 5.41) is 10.0. The number of aromatic nitrogens is 2. The molecular weight excluding hydrogens is 318 g/mol. The van der Waals surface area contributed by atoms with Crippen molar-refractivity contribution in [1.82, 2.24) is 20.0 Å². The molecule has 25 heavy (non-hydrogen) atoms. The lowest BCUT2D eigenvalue weighted by Gasteiger charge is -2.32. The summed E-state index contributed by atoms with van der Waals surface area (Å²) in [6.07, 6.45) is 0. The van der Waals surface area contributed by atoms with Crippen molar-refractivity contribution in [2.75, 3.05) is 18.4 Å². The van der Waals surface area contributed by atoms with Gasteiger partial charge >= 0.3 is 6.03 Å². The van der Waals surface area contributed by atoms with Crippen LogP contribution in [0.2, 0.25) is 0 Å². The number of aryl methyl sites for hydroxylation is 3. The Hall–Kier alpha value is -2.83. The standard InChI is InChI=1S/C18H23N5O2/c1-11-7-12(2)9-15(8-11)23-13(3)10-16(21-23)20-18(25)22-6-5-19-17(24)14(22)4/h7-10,14H,5-6H2,1-4H3,(H,19,24)(H,20,21,25). The van der Waals surface area contributed by atoms with Crippen molar-refractivity contribution in [1.29, 1.82) is 0 Å². The van der Waals surface area contributed by atoms with Crippen LogP contribution in [0.25, 0.3) is 5.69 Å². The summed E-state index contributed by atoms with van der Waals surface area (Å²) >= 11 is 0. The van der Waals surface area contributed by atoms with Crippen molar-refractivity contribution in [3.8, 4) is 5.69 Å². The van der Waals surface area contributed by atoms with E-state index in [1.807, 2.05) is 31.5 Å². The third-order valence-electron chi connectivity index (χ3n) is 4.33. The van der Waals surface area contributed by atoms with Gasteiger partial charge in [-0.05, 0) is 51.0 Å². The Balaban J connectivity index is 1.80. The maximum atomic E-state index is 12.5. The molecule has 2 heterocycles. The fourth-order valence-corrected chi connectivity index (χ4v) is 3.11. The first kappa shape index (κ1) is 17.0. The minimum Gasteiger partial charge on any atom is -0.353 e. The quantitative estimate of drug-likeness (QED) is 0.878. The van der Waals surface area contributed by atoms with Crippen molar-refractivity contribution < 1.29 is 9.59 Å². The Bertz CT molecular complexity index is 807. The molecule has 1 aliphatic heterocycles. The Labute approximate surface area is 147 Å². The molecule has 0 radical (unpaired) electrons. The van der Waals surface area contributed by atoms with Crippen molar-refractivity contribution in [2.45, 2.75) is 33.7 Å². The van der Waals surface area contributed by atoms with Gasteiger partial charge in [0.2, 0.25) is 5.91 Å². The predicted octanol–water partition coefficient (Wildman–Crippen LogP) is 2.15. The average Bonchev–Trinajstić information content (AvgIpc) is 2.89. The Kier molecular flexibility index (Phi) is 4.48. The van der Waals surface area contributed by atoms with E-state index in [1.165, 1.54) is 4.90 Å². The van der Waals surface area contributed by atoms with Crippen LogP contribution in [0.1, 0.15) is 23.7 Å². The van der Waals surface area contributed by atoms with Gasteiger partial charge in [0, 0.05) is 24.8 Å². The molecule has 0 saturated carbocycles. The van der Waals surface area contributed by atoms with Gasteiger partial charge in [-0.3, -0.25) is 10.1 Å². The maximum Gasteiger partial charge on any atom is 0.323 e. The number of hydrogen-bond acceptors (Lipinski definition) is 3. The molecule has 1 aliphatic rings. The normalized spacial score (nSPS) is 17.4. The monoisotopic (exact) mass is 341 g/mol. The van der Waals surface area contributed by atoms with E-state index in [2.05, 4.69) is 33.9 Å². The third-order valence-corrected chi connectivity index (χ3v) is 4.33. The number of benzene rings is 1. The zero-order valence-electron chi connectivity index (χ0n) is 15.0. The molecular formula is C18H23N5O2. The molecule has 1 atom stereocenters. The van der Waals surface area contributed by atoms with E-state index in [9.17, 15) is 9.59 Å². The Morgan fingerprint density at radius 1 is 1.20 bits per heavy atom. The minimum absolute atomic E-state index is 0.140. The molecule has 132 valence electrons. The van der Waals surface area contributed by atoms with Crippen molar-refractivity contribution in [3.63, 3.8) is 0 Å². The highest BCUT2D eigenvalue weighted by molar-refractivity contribution is 5.93. The second-order valence-electron chi connectivity index (χ2n) is 6.52. The summed E-state index contributed by atoms with van der Waals surface area (Å²) in [4.78, 5) is 25.7. The number of carbonyl (C=O) groups excluding carboxylic acids is 2. The van der Waals surface area contributed by atoms with Crippen LogP contribution in [0.5, 0.6) is 0 Å². The number of amides is 3. The van der Waals surface area contributed by atoms with Crippen molar-refractivity contribution in [2.24, 2.45) is 0 Å². The highest BCUT2D eigenvalue weighted by Crippen LogP contribution is 2.18. The summed E-state index contributed by atoms with van der Waals surface area (Å²) < 4.78 is 1.81. The lowest BCUT2D eigenvalue weighted by molar-refractivity contribution is -0.126. The molecule has 2 N–H and O–H groups in total. The van der Waals surface area contributed by atoms with Gasteiger partial charge in [0.1, 0.15) is 6.04 Å². The van der Waals surface area contributed by atoms with Gasteiger partial charge < -0.3 is 10.2 Å². The van der Waals surface area contributed by atoms with Gasteiger partial charge in [-0.2, -0.15) is 0 Å². The van der Waals surface area contributed by atoms with E-state index in [4.69, 9.17) is 0 Å². The molecule has 1 fully saturated rings. The van der Waals surface area contributed by atoms with E-state index in [-0.39, 0.29) is 11.9 Å². The van der Waals surface area contributed by atoms with Gasteiger partial charge in [0.05, 0.1) is 5.69 Å². The first-order valence-corrected chi connectivity index (χ1v) is 8.36. The van der Waals surface area contributed by atoms with E-state index in [0.717, 1.165) is 22.5 Å². The Morgan fingerprint density at radius 2 is 1.88 bits per heavy atom. The number of nitrogens with one attached hydrogen (secondary N) is 2. The highest BCUT2D eigenvalue weighted by atomic mass is 16.2. The lowest BCUT2D eigenvalue weighted by Crippen LogP contribution is -2.56. The largest absolute Gasteiger partial charge is 0.353 e. The molecule has 1 aromatic carbocycles. The minimum atomic E-state index is -0.489. The van der Waals surface area contributed by atoms with Gasteiger partial charge in [-0.25, -0.2) is 9.48 Å². The van der Waals surface area contributed by atoms with E-state index in [0.29, 0.717) is 18.9 Å². The summed E-state index contributed by atoms with van der Waals surface area (Å²) in [6, 6.07) is 7.23. The SMILES string of the molecule is Cc1cc(C)cc(-n2nc(NC(=O)N3CCNC(=O)C3C)cc2C)c1. The van der Waals surface area contributed by atoms with Crippen LogP contribution in [0.15, 0.2) is 24.3 Å². The molecule has 7 nitrogen and oxygen atoms in total. The number of carbonyl (C=O) groups is 2. The Morgan fingerprint density at radius 3 is 2.56 bits per heavy atom. The summed E-state index contributed by atoms with van der Waals surface area (Å²) in [7, 11) is 0. The van der Waals surface area contributed by atoms with Crippen LogP contribution in [-0.2, 0) is 4.79 Å². The van der Waals surface area contributed by atoms with Gasteiger partial charge in [-0.1, -0.05) is 6.07 Å². The second-order valence-corrected chi connectivity index (χ2v) is 6.52. The molecule has 0 aliphatic carbocycles. The smallest absolute Gasteiger partial charge is 0.323 e.